The molecule has 1 N–H and O–H groups in total. The summed E-state index contributed by atoms with van der Waals surface area (Å²) in [7, 11) is 0. The third-order valence-electron chi connectivity index (χ3n) is 4.79. The lowest BCUT2D eigenvalue weighted by Gasteiger charge is -2.34. The van der Waals surface area contributed by atoms with Crippen molar-refractivity contribution in [3.63, 3.8) is 0 Å². The van der Waals surface area contributed by atoms with Gasteiger partial charge in [0, 0.05) is 44.3 Å². The Kier molecular flexibility index (Phi) is 5.27. The molecule has 3 heterocycles. The zero-order valence-electron chi connectivity index (χ0n) is 16.2. The maximum absolute atomic E-state index is 4.64. The molecule has 8 heteroatoms. The Morgan fingerprint density at radius 1 is 0.893 bits per heavy atom. The van der Waals surface area contributed by atoms with E-state index >= 15 is 0 Å². The zero-order valence-corrected chi connectivity index (χ0v) is 16.2. The third kappa shape index (κ3) is 4.16. The molecule has 28 heavy (non-hydrogen) atoms. The van der Waals surface area contributed by atoms with Gasteiger partial charge < -0.3 is 15.1 Å². The summed E-state index contributed by atoms with van der Waals surface area (Å²) in [5.41, 5.74) is 2.30. The Labute approximate surface area is 164 Å². The molecule has 0 bridgehead atoms. The summed E-state index contributed by atoms with van der Waals surface area (Å²) in [5.74, 6) is 2.61. The van der Waals surface area contributed by atoms with Crippen LogP contribution in [0.4, 0.5) is 23.4 Å². The molecule has 1 saturated heterocycles. The second-order valence-electron chi connectivity index (χ2n) is 7.07. The Morgan fingerprint density at radius 2 is 1.54 bits per heavy atom. The molecule has 2 aromatic heterocycles. The Hall–Kier alpha value is -3.29. The van der Waals surface area contributed by atoms with Crippen molar-refractivity contribution in [3.05, 3.63) is 54.5 Å². The second kappa shape index (κ2) is 8.16. The van der Waals surface area contributed by atoms with E-state index in [-0.39, 0.29) is 0 Å². The standard InChI is InChI=1S/C20H24N8/c1-15(2)16-4-6-17(7-5-16)24-18-14-23-26-20(25-18)28-12-10-27(11-13-28)19-21-8-3-9-22-19/h3-9,14-15H,10-13H2,1-2H3,(H,24,25,26). The van der Waals surface area contributed by atoms with E-state index in [1.54, 1.807) is 18.6 Å². The van der Waals surface area contributed by atoms with Crippen LogP contribution in [0, 0.1) is 0 Å². The zero-order chi connectivity index (χ0) is 19.3. The van der Waals surface area contributed by atoms with E-state index in [0.717, 1.165) is 37.8 Å². The first-order chi connectivity index (χ1) is 13.7. The summed E-state index contributed by atoms with van der Waals surface area (Å²) < 4.78 is 0. The molecule has 0 radical (unpaired) electrons. The number of hydrogen-bond acceptors (Lipinski definition) is 8. The van der Waals surface area contributed by atoms with Crippen molar-refractivity contribution in [2.45, 2.75) is 19.8 Å². The van der Waals surface area contributed by atoms with Gasteiger partial charge in [0.05, 0.1) is 6.20 Å². The topological polar surface area (TPSA) is 83.0 Å². The van der Waals surface area contributed by atoms with Crippen LogP contribution in [0.3, 0.4) is 0 Å². The number of rotatable bonds is 5. The van der Waals surface area contributed by atoms with E-state index in [2.05, 4.69) is 78.4 Å². The minimum absolute atomic E-state index is 0.515. The van der Waals surface area contributed by atoms with Gasteiger partial charge in [0.15, 0.2) is 5.82 Å². The lowest BCUT2D eigenvalue weighted by molar-refractivity contribution is 0.624. The van der Waals surface area contributed by atoms with E-state index < -0.39 is 0 Å². The maximum atomic E-state index is 4.64. The SMILES string of the molecule is CC(C)c1ccc(Nc2cnnc(N3CCN(c4ncccn4)CC3)n2)cc1. The van der Waals surface area contributed by atoms with E-state index in [1.807, 2.05) is 6.07 Å². The van der Waals surface area contributed by atoms with Gasteiger partial charge in [-0.2, -0.15) is 10.1 Å². The minimum Gasteiger partial charge on any atom is -0.339 e. The summed E-state index contributed by atoms with van der Waals surface area (Å²) in [5, 5.41) is 11.7. The van der Waals surface area contributed by atoms with Crippen LogP contribution in [-0.2, 0) is 0 Å². The van der Waals surface area contributed by atoms with E-state index in [4.69, 9.17) is 0 Å². The summed E-state index contributed by atoms with van der Waals surface area (Å²) in [6, 6.07) is 10.2. The molecule has 0 spiro atoms. The van der Waals surface area contributed by atoms with Gasteiger partial charge in [-0.15, -0.1) is 5.10 Å². The average molecular weight is 376 g/mol. The fraction of sp³-hybridized carbons (Fsp3) is 0.350. The Bertz CT molecular complexity index is 890. The highest BCUT2D eigenvalue weighted by molar-refractivity contribution is 5.57. The van der Waals surface area contributed by atoms with Gasteiger partial charge in [0.2, 0.25) is 11.9 Å². The van der Waals surface area contributed by atoms with Crippen molar-refractivity contribution in [2.24, 2.45) is 0 Å². The minimum atomic E-state index is 0.515. The summed E-state index contributed by atoms with van der Waals surface area (Å²) in [4.78, 5) is 17.6. The van der Waals surface area contributed by atoms with E-state index in [9.17, 15) is 0 Å². The van der Waals surface area contributed by atoms with Crippen molar-refractivity contribution in [3.8, 4) is 0 Å². The molecule has 0 aliphatic carbocycles. The van der Waals surface area contributed by atoms with Crippen molar-refractivity contribution in [1.29, 1.82) is 0 Å². The number of piperazine rings is 1. The predicted octanol–water partition coefficient (Wildman–Crippen LogP) is 2.86. The molecule has 0 amide bonds. The maximum Gasteiger partial charge on any atom is 0.247 e. The number of nitrogens with one attached hydrogen (secondary N) is 1. The van der Waals surface area contributed by atoms with Crippen LogP contribution >= 0.6 is 0 Å². The molecule has 3 aromatic rings. The van der Waals surface area contributed by atoms with Gasteiger partial charge in [0.1, 0.15) is 0 Å². The van der Waals surface area contributed by atoms with Crippen LogP contribution in [0.1, 0.15) is 25.3 Å². The predicted molar refractivity (Wildman–Crippen MR) is 110 cm³/mol. The van der Waals surface area contributed by atoms with Gasteiger partial charge in [-0.1, -0.05) is 26.0 Å². The van der Waals surface area contributed by atoms with E-state index in [0.29, 0.717) is 17.7 Å². The largest absolute Gasteiger partial charge is 0.339 e. The first-order valence-corrected chi connectivity index (χ1v) is 9.52. The highest BCUT2D eigenvalue weighted by Crippen LogP contribution is 2.20. The van der Waals surface area contributed by atoms with Gasteiger partial charge in [-0.05, 0) is 29.7 Å². The quantitative estimate of drug-likeness (QED) is 0.728. The number of benzene rings is 1. The van der Waals surface area contributed by atoms with Crippen molar-refractivity contribution in [1.82, 2.24) is 25.1 Å². The van der Waals surface area contributed by atoms with Crippen LogP contribution in [0.15, 0.2) is 48.9 Å². The summed E-state index contributed by atoms with van der Waals surface area (Å²) >= 11 is 0. The molecule has 0 saturated carbocycles. The van der Waals surface area contributed by atoms with Gasteiger partial charge in [-0.3, -0.25) is 0 Å². The highest BCUT2D eigenvalue weighted by atomic mass is 15.4. The van der Waals surface area contributed by atoms with Crippen molar-refractivity contribution < 1.29 is 0 Å². The molecule has 1 aliphatic heterocycles. The lowest BCUT2D eigenvalue weighted by atomic mass is 10.0. The molecule has 0 unspecified atom stereocenters. The summed E-state index contributed by atoms with van der Waals surface area (Å²) in [6.07, 6.45) is 5.18. The first kappa shape index (κ1) is 18.1. The van der Waals surface area contributed by atoms with Crippen LogP contribution in [0.25, 0.3) is 0 Å². The number of nitrogens with zero attached hydrogens (tertiary/aromatic N) is 7. The Balaban J connectivity index is 1.40. The third-order valence-corrected chi connectivity index (χ3v) is 4.79. The summed E-state index contributed by atoms with van der Waals surface area (Å²) in [6.45, 7) is 7.61. The molecule has 8 nitrogen and oxygen atoms in total. The first-order valence-electron chi connectivity index (χ1n) is 9.52. The van der Waals surface area contributed by atoms with Crippen molar-refractivity contribution >= 4 is 23.4 Å². The van der Waals surface area contributed by atoms with Crippen molar-refractivity contribution in [2.75, 3.05) is 41.3 Å². The van der Waals surface area contributed by atoms with Crippen LogP contribution < -0.4 is 15.1 Å². The molecule has 1 aliphatic rings. The van der Waals surface area contributed by atoms with Gasteiger partial charge in [0.25, 0.3) is 0 Å². The Morgan fingerprint density at radius 3 is 2.18 bits per heavy atom. The molecule has 1 fully saturated rings. The molecule has 4 rings (SSSR count). The van der Waals surface area contributed by atoms with E-state index in [1.165, 1.54) is 5.56 Å². The molecular formula is C20H24N8. The molecule has 144 valence electrons. The van der Waals surface area contributed by atoms with Gasteiger partial charge in [-0.25, -0.2) is 9.97 Å². The molecule has 0 atom stereocenters. The highest BCUT2D eigenvalue weighted by Gasteiger charge is 2.21. The number of anilines is 4. The number of aromatic nitrogens is 5. The average Bonchev–Trinajstić information content (AvgIpc) is 2.75. The monoisotopic (exact) mass is 376 g/mol. The second-order valence-corrected chi connectivity index (χ2v) is 7.07. The number of hydrogen-bond donors (Lipinski definition) is 1. The molecular weight excluding hydrogens is 352 g/mol. The lowest BCUT2D eigenvalue weighted by Crippen LogP contribution is -2.47. The van der Waals surface area contributed by atoms with Crippen LogP contribution in [0.5, 0.6) is 0 Å². The van der Waals surface area contributed by atoms with Crippen LogP contribution in [-0.4, -0.2) is 51.3 Å². The normalized spacial score (nSPS) is 14.4. The fourth-order valence-electron chi connectivity index (χ4n) is 3.15. The molecule has 1 aromatic carbocycles. The smallest absolute Gasteiger partial charge is 0.247 e. The van der Waals surface area contributed by atoms with Crippen LogP contribution in [0.2, 0.25) is 0 Å². The fourth-order valence-corrected chi connectivity index (χ4v) is 3.15. The van der Waals surface area contributed by atoms with Gasteiger partial charge >= 0.3 is 0 Å².